The lowest BCUT2D eigenvalue weighted by molar-refractivity contribution is -0.127. The van der Waals surface area contributed by atoms with E-state index in [0.29, 0.717) is 23.5 Å². The second kappa shape index (κ2) is 7.11. The molecule has 0 unspecified atom stereocenters. The van der Waals surface area contributed by atoms with Crippen molar-refractivity contribution in [2.24, 2.45) is 17.3 Å². The van der Waals surface area contributed by atoms with E-state index in [1.807, 2.05) is 11.6 Å². The zero-order valence-electron chi connectivity index (χ0n) is 18.6. The summed E-state index contributed by atoms with van der Waals surface area (Å²) in [7, 11) is 1.74. The van der Waals surface area contributed by atoms with Crippen molar-refractivity contribution in [3.8, 4) is 5.75 Å². The summed E-state index contributed by atoms with van der Waals surface area (Å²) >= 11 is 0. The number of nitrogens with zero attached hydrogens (tertiary/aromatic N) is 2. The van der Waals surface area contributed by atoms with Crippen LogP contribution in [0.5, 0.6) is 5.75 Å². The highest BCUT2D eigenvalue weighted by atomic mass is 16.5. The van der Waals surface area contributed by atoms with E-state index in [9.17, 15) is 4.79 Å². The van der Waals surface area contributed by atoms with Crippen molar-refractivity contribution < 1.29 is 9.53 Å². The first-order valence-electron chi connectivity index (χ1n) is 11.4. The van der Waals surface area contributed by atoms with E-state index in [1.165, 1.54) is 17.5 Å². The maximum atomic E-state index is 13.5. The molecule has 0 saturated heterocycles. The molecule has 0 aliphatic heterocycles. The smallest absolute Gasteiger partial charge is 0.165 e. The number of ketones is 1. The van der Waals surface area contributed by atoms with Crippen molar-refractivity contribution in [3.05, 3.63) is 52.4 Å². The average Bonchev–Trinajstić information content (AvgIpc) is 3.24. The molecule has 0 spiro atoms. The molecule has 158 valence electrons. The van der Waals surface area contributed by atoms with Crippen LogP contribution in [0, 0.1) is 24.2 Å². The van der Waals surface area contributed by atoms with Crippen LogP contribution in [0.3, 0.4) is 0 Å². The zero-order chi connectivity index (χ0) is 21.0. The topological polar surface area (TPSA) is 44.1 Å². The Morgan fingerprint density at radius 2 is 2.17 bits per heavy atom. The van der Waals surface area contributed by atoms with Gasteiger partial charge in [0, 0.05) is 23.7 Å². The molecule has 2 fully saturated rings. The Morgan fingerprint density at radius 1 is 1.33 bits per heavy atom. The minimum Gasteiger partial charge on any atom is -0.497 e. The molecule has 1 aromatic carbocycles. The third-order valence-electron chi connectivity index (χ3n) is 8.21. The Morgan fingerprint density at radius 3 is 2.90 bits per heavy atom. The van der Waals surface area contributed by atoms with E-state index in [-0.39, 0.29) is 5.41 Å². The van der Waals surface area contributed by atoms with Crippen LogP contribution >= 0.6 is 0 Å². The van der Waals surface area contributed by atoms with Crippen molar-refractivity contribution in [2.45, 2.75) is 65.3 Å². The van der Waals surface area contributed by atoms with Gasteiger partial charge in [-0.05, 0) is 98.6 Å². The molecule has 0 N–H and O–H groups in total. The van der Waals surface area contributed by atoms with Crippen LogP contribution in [0.2, 0.25) is 0 Å². The summed E-state index contributed by atoms with van der Waals surface area (Å²) in [6, 6.07) is 6.61. The van der Waals surface area contributed by atoms with Gasteiger partial charge in [-0.15, -0.1) is 0 Å². The van der Waals surface area contributed by atoms with E-state index in [1.54, 1.807) is 7.11 Å². The summed E-state index contributed by atoms with van der Waals surface area (Å²) in [5.74, 6) is 2.97. The largest absolute Gasteiger partial charge is 0.497 e. The van der Waals surface area contributed by atoms with Crippen LogP contribution in [-0.2, 0) is 17.8 Å². The Hall–Kier alpha value is -2.36. The Labute approximate surface area is 179 Å². The number of fused-ring (bicyclic) bond motifs is 5. The standard InChI is InChI=1S/C26H32N2O2/c1-5-28-15-19(16(2)27-28)12-18-14-24-23-8-6-17-13-20(30-4)7-9-21(17)22(23)10-11-26(24,3)25(18)29/h7,9,12-13,15,22-24H,5-6,8,10-11,14H2,1-4H3/b18-12+/t22-,23+,24+,26-/m0/s1. The number of aryl methyl sites for hydroxylation is 3. The Bertz CT molecular complexity index is 1030. The summed E-state index contributed by atoms with van der Waals surface area (Å²) in [5.41, 5.74) is 5.87. The van der Waals surface area contributed by atoms with Crippen LogP contribution in [0.15, 0.2) is 30.0 Å². The number of carbonyl (C=O) groups is 1. The normalized spacial score (nSPS) is 31.4. The van der Waals surface area contributed by atoms with Crippen LogP contribution in [0.4, 0.5) is 0 Å². The molecule has 4 atom stereocenters. The Kier molecular flexibility index (Phi) is 4.64. The maximum Gasteiger partial charge on any atom is 0.165 e. The second-order valence-corrected chi connectivity index (χ2v) is 9.66. The summed E-state index contributed by atoms with van der Waals surface area (Å²) in [5, 5.41) is 4.56. The first kappa shape index (κ1) is 19.6. The highest BCUT2D eigenvalue weighted by Gasteiger charge is 2.56. The van der Waals surface area contributed by atoms with E-state index in [2.05, 4.69) is 49.4 Å². The molecule has 4 nitrogen and oxygen atoms in total. The van der Waals surface area contributed by atoms with Gasteiger partial charge in [-0.25, -0.2) is 0 Å². The number of methoxy groups -OCH3 is 1. The van der Waals surface area contributed by atoms with Gasteiger partial charge in [-0.1, -0.05) is 13.0 Å². The fourth-order valence-corrected chi connectivity index (χ4v) is 6.51. The molecule has 2 saturated carbocycles. The van der Waals surface area contributed by atoms with Gasteiger partial charge in [0.15, 0.2) is 5.78 Å². The number of hydrogen-bond donors (Lipinski definition) is 0. The number of rotatable bonds is 3. The predicted molar refractivity (Wildman–Crippen MR) is 119 cm³/mol. The van der Waals surface area contributed by atoms with Crippen LogP contribution in [0.25, 0.3) is 6.08 Å². The van der Waals surface area contributed by atoms with Gasteiger partial charge >= 0.3 is 0 Å². The van der Waals surface area contributed by atoms with Crippen molar-refractivity contribution >= 4 is 11.9 Å². The summed E-state index contributed by atoms with van der Waals surface area (Å²) < 4.78 is 7.40. The summed E-state index contributed by atoms with van der Waals surface area (Å²) in [4.78, 5) is 13.5. The first-order valence-corrected chi connectivity index (χ1v) is 11.4. The number of Topliss-reactive ketones (excluding diaryl/α,β-unsaturated/α-hetero) is 1. The quantitative estimate of drug-likeness (QED) is 0.649. The molecule has 5 rings (SSSR count). The molecule has 1 aromatic heterocycles. The fourth-order valence-electron chi connectivity index (χ4n) is 6.51. The van der Waals surface area contributed by atoms with Gasteiger partial charge < -0.3 is 4.74 Å². The fraction of sp³-hybridized carbons (Fsp3) is 0.538. The molecule has 4 heteroatoms. The number of carbonyl (C=O) groups excluding carboxylic acids is 1. The molecular formula is C26H32N2O2. The maximum absolute atomic E-state index is 13.5. The SMILES string of the molecule is CCn1cc(/C=C2\C[C@@H]3[C@@H]4CCc5cc(OC)ccc5[C@@H]4CC[C@]3(C)C2=O)c(C)n1. The molecule has 0 amide bonds. The summed E-state index contributed by atoms with van der Waals surface area (Å²) in [6.45, 7) is 7.22. The highest BCUT2D eigenvalue weighted by Crippen LogP contribution is 2.60. The molecule has 3 aliphatic rings. The average molecular weight is 405 g/mol. The Balaban J connectivity index is 1.47. The van der Waals surface area contributed by atoms with Gasteiger partial charge in [0.1, 0.15) is 5.75 Å². The van der Waals surface area contributed by atoms with Crippen LogP contribution < -0.4 is 4.74 Å². The zero-order valence-corrected chi connectivity index (χ0v) is 18.6. The van der Waals surface area contributed by atoms with Crippen molar-refractivity contribution in [2.75, 3.05) is 7.11 Å². The molecule has 0 radical (unpaired) electrons. The van der Waals surface area contributed by atoms with Crippen LogP contribution in [0.1, 0.15) is 67.8 Å². The van der Waals surface area contributed by atoms with Crippen molar-refractivity contribution in [3.63, 3.8) is 0 Å². The van der Waals surface area contributed by atoms with E-state index >= 15 is 0 Å². The van der Waals surface area contributed by atoms with Gasteiger partial charge in [-0.3, -0.25) is 9.48 Å². The lowest BCUT2D eigenvalue weighted by Crippen LogP contribution is -2.42. The number of ether oxygens (including phenoxy) is 1. The molecular weight excluding hydrogens is 372 g/mol. The molecule has 30 heavy (non-hydrogen) atoms. The van der Waals surface area contributed by atoms with Crippen molar-refractivity contribution in [1.29, 1.82) is 0 Å². The third kappa shape index (κ3) is 2.87. The lowest BCUT2D eigenvalue weighted by atomic mass is 9.55. The third-order valence-corrected chi connectivity index (χ3v) is 8.21. The van der Waals surface area contributed by atoms with Crippen molar-refractivity contribution in [1.82, 2.24) is 9.78 Å². The monoisotopic (exact) mass is 404 g/mol. The first-order chi connectivity index (χ1) is 14.4. The van der Waals surface area contributed by atoms with E-state index in [4.69, 9.17) is 4.74 Å². The number of benzene rings is 1. The second-order valence-electron chi connectivity index (χ2n) is 9.66. The summed E-state index contributed by atoms with van der Waals surface area (Å²) in [6.07, 6.45) is 9.51. The molecule has 3 aliphatic carbocycles. The molecule has 0 bridgehead atoms. The van der Waals surface area contributed by atoms with Gasteiger partial charge in [0.05, 0.1) is 12.8 Å². The lowest BCUT2D eigenvalue weighted by Gasteiger charge is -2.48. The minimum absolute atomic E-state index is 0.203. The molecule has 2 aromatic rings. The van der Waals surface area contributed by atoms with Crippen LogP contribution in [-0.4, -0.2) is 22.7 Å². The molecule has 1 heterocycles. The highest BCUT2D eigenvalue weighted by molar-refractivity contribution is 6.06. The number of hydrogen-bond acceptors (Lipinski definition) is 3. The number of aromatic nitrogens is 2. The van der Waals surface area contributed by atoms with Gasteiger partial charge in [-0.2, -0.15) is 5.10 Å². The number of allylic oxidation sites excluding steroid dienone is 1. The predicted octanol–water partition coefficient (Wildman–Crippen LogP) is 5.34. The van der Waals surface area contributed by atoms with Gasteiger partial charge in [0.25, 0.3) is 0 Å². The minimum atomic E-state index is -0.203. The van der Waals surface area contributed by atoms with Gasteiger partial charge in [0.2, 0.25) is 0 Å². The van der Waals surface area contributed by atoms with E-state index in [0.717, 1.165) is 54.8 Å². The van der Waals surface area contributed by atoms with E-state index < -0.39 is 0 Å².